The molecule has 0 unspecified atom stereocenters. The maximum Gasteiger partial charge on any atom is 0.165 e. The van der Waals surface area contributed by atoms with E-state index in [1.807, 2.05) is 25.1 Å². The van der Waals surface area contributed by atoms with Crippen LogP contribution in [0.5, 0.6) is 0 Å². The second-order valence-electron chi connectivity index (χ2n) is 4.60. The molecule has 0 aliphatic carbocycles. The summed E-state index contributed by atoms with van der Waals surface area (Å²) in [5.74, 6) is 0.786. The Balaban J connectivity index is 2.33. The quantitative estimate of drug-likeness (QED) is 0.767. The molecule has 1 aromatic heterocycles. The Bertz CT molecular complexity index is 784. The van der Waals surface area contributed by atoms with E-state index in [2.05, 4.69) is 15.3 Å². The number of para-hydroxylation sites is 1. The van der Waals surface area contributed by atoms with Gasteiger partial charge in [0, 0.05) is 12.4 Å². The molecule has 0 atom stereocenters. The number of benzene rings is 2. The fraction of sp³-hybridized carbons (Fsp3) is 0.125. The van der Waals surface area contributed by atoms with Crippen molar-refractivity contribution in [1.29, 1.82) is 0 Å². The summed E-state index contributed by atoms with van der Waals surface area (Å²) in [7, 11) is 1.80. The molecule has 100 valence electrons. The minimum Gasteiger partial charge on any atom is -0.373 e. The van der Waals surface area contributed by atoms with Gasteiger partial charge in [-0.15, -0.1) is 0 Å². The van der Waals surface area contributed by atoms with Crippen molar-refractivity contribution >= 4 is 16.7 Å². The third-order valence-electron chi connectivity index (χ3n) is 3.28. The Hall–Kier alpha value is -2.49. The van der Waals surface area contributed by atoms with E-state index in [4.69, 9.17) is 0 Å². The van der Waals surface area contributed by atoms with Crippen LogP contribution in [0.4, 0.5) is 10.2 Å². The van der Waals surface area contributed by atoms with Crippen molar-refractivity contribution in [1.82, 2.24) is 9.97 Å². The molecule has 1 N–H and O–H groups in total. The second-order valence-corrected chi connectivity index (χ2v) is 4.60. The van der Waals surface area contributed by atoms with Crippen LogP contribution in [0.2, 0.25) is 0 Å². The minimum atomic E-state index is -0.317. The highest BCUT2D eigenvalue weighted by atomic mass is 19.1. The third kappa shape index (κ3) is 1.99. The predicted octanol–water partition coefficient (Wildman–Crippen LogP) is 3.79. The third-order valence-corrected chi connectivity index (χ3v) is 3.28. The first-order chi connectivity index (χ1) is 9.70. The number of aryl methyl sites for hydroxylation is 1. The number of nitrogens with zero attached hydrogens (tertiary/aromatic N) is 2. The molecule has 0 aliphatic rings. The number of aromatic nitrogens is 2. The van der Waals surface area contributed by atoms with E-state index in [0.717, 1.165) is 16.5 Å². The summed E-state index contributed by atoms with van der Waals surface area (Å²) in [6.45, 7) is 1.99. The zero-order chi connectivity index (χ0) is 14.1. The Morgan fingerprint density at radius 1 is 1.00 bits per heavy atom. The first kappa shape index (κ1) is 12.5. The molecule has 0 amide bonds. The van der Waals surface area contributed by atoms with Crippen LogP contribution in [0.25, 0.3) is 22.3 Å². The number of anilines is 1. The number of hydrogen-bond acceptors (Lipinski definition) is 3. The van der Waals surface area contributed by atoms with E-state index in [-0.39, 0.29) is 5.82 Å². The van der Waals surface area contributed by atoms with E-state index in [9.17, 15) is 4.39 Å². The van der Waals surface area contributed by atoms with Crippen molar-refractivity contribution < 1.29 is 4.39 Å². The SMILES string of the molecule is CNc1nc(-c2ccccc2F)nc2c(C)cccc12. The lowest BCUT2D eigenvalue weighted by molar-refractivity contribution is 0.630. The fourth-order valence-corrected chi connectivity index (χ4v) is 2.25. The maximum absolute atomic E-state index is 13.9. The van der Waals surface area contributed by atoms with Gasteiger partial charge >= 0.3 is 0 Å². The molecule has 0 radical (unpaired) electrons. The smallest absolute Gasteiger partial charge is 0.165 e. The molecule has 0 saturated heterocycles. The van der Waals surface area contributed by atoms with Crippen molar-refractivity contribution in [3.63, 3.8) is 0 Å². The fourth-order valence-electron chi connectivity index (χ4n) is 2.25. The number of nitrogens with one attached hydrogen (secondary N) is 1. The molecule has 3 aromatic rings. The van der Waals surface area contributed by atoms with Crippen LogP contribution in [0, 0.1) is 12.7 Å². The van der Waals surface area contributed by atoms with Crippen LogP contribution in [0.1, 0.15) is 5.56 Å². The monoisotopic (exact) mass is 267 g/mol. The van der Waals surface area contributed by atoms with Crippen LogP contribution in [0.3, 0.4) is 0 Å². The second kappa shape index (κ2) is 4.89. The van der Waals surface area contributed by atoms with Gasteiger partial charge in [0.1, 0.15) is 11.6 Å². The molecule has 3 nitrogen and oxygen atoms in total. The molecule has 20 heavy (non-hydrogen) atoms. The number of hydrogen-bond donors (Lipinski definition) is 1. The highest BCUT2D eigenvalue weighted by Crippen LogP contribution is 2.27. The normalized spacial score (nSPS) is 10.8. The van der Waals surface area contributed by atoms with E-state index in [1.54, 1.807) is 25.2 Å². The van der Waals surface area contributed by atoms with Crippen LogP contribution in [0.15, 0.2) is 42.5 Å². The standard InChI is InChI=1S/C16H14FN3/c1-10-6-5-8-12-14(10)19-16(20-15(12)18-2)11-7-3-4-9-13(11)17/h3-9H,1-2H3,(H,18,19,20). The number of rotatable bonds is 2. The van der Waals surface area contributed by atoms with Gasteiger partial charge in [0.25, 0.3) is 0 Å². The van der Waals surface area contributed by atoms with Crippen molar-refractivity contribution in [2.24, 2.45) is 0 Å². The molecule has 0 spiro atoms. The number of halogens is 1. The van der Waals surface area contributed by atoms with Gasteiger partial charge in [-0.2, -0.15) is 0 Å². The molecule has 0 aliphatic heterocycles. The Kier molecular flexibility index (Phi) is 3.06. The van der Waals surface area contributed by atoms with Gasteiger partial charge in [-0.25, -0.2) is 14.4 Å². The first-order valence-corrected chi connectivity index (χ1v) is 6.40. The van der Waals surface area contributed by atoms with Crippen LogP contribution in [-0.2, 0) is 0 Å². The lowest BCUT2D eigenvalue weighted by atomic mass is 10.1. The Morgan fingerprint density at radius 2 is 1.80 bits per heavy atom. The highest BCUT2D eigenvalue weighted by molar-refractivity contribution is 5.92. The molecule has 4 heteroatoms. The molecule has 1 heterocycles. The van der Waals surface area contributed by atoms with Gasteiger partial charge < -0.3 is 5.32 Å². The summed E-state index contributed by atoms with van der Waals surface area (Å²) in [6, 6.07) is 12.4. The van der Waals surface area contributed by atoms with Gasteiger partial charge in [0.05, 0.1) is 11.1 Å². The van der Waals surface area contributed by atoms with Crippen LogP contribution < -0.4 is 5.32 Å². The summed E-state index contributed by atoms with van der Waals surface area (Å²) in [4.78, 5) is 8.95. The molecule has 3 rings (SSSR count). The topological polar surface area (TPSA) is 37.8 Å². The molecule has 2 aromatic carbocycles. The average Bonchev–Trinajstić information content (AvgIpc) is 2.47. The molecule has 0 bridgehead atoms. The lowest BCUT2D eigenvalue weighted by Crippen LogP contribution is -2.00. The number of fused-ring (bicyclic) bond motifs is 1. The summed E-state index contributed by atoms with van der Waals surface area (Å²) in [5, 5.41) is 3.99. The Labute approximate surface area is 116 Å². The largest absolute Gasteiger partial charge is 0.373 e. The zero-order valence-electron chi connectivity index (χ0n) is 11.3. The van der Waals surface area contributed by atoms with Crippen molar-refractivity contribution in [3.8, 4) is 11.4 Å². The zero-order valence-corrected chi connectivity index (χ0v) is 11.3. The summed E-state index contributed by atoms with van der Waals surface area (Å²) >= 11 is 0. The van der Waals surface area contributed by atoms with E-state index in [0.29, 0.717) is 17.2 Å². The minimum absolute atomic E-state index is 0.317. The maximum atomic E-state index is 13.9. The van der Waals surface area contributed by atoms with E-state index >= 15 is 0 Å². The molecule has 0 fully saturated rings. The van der Waals surface area contributed by atoms with Gasteiger partial charge in [-0.3, -0.25) is 0 Å². The Morgan fingerprint density at radius 3 is 2.55 bits per heavy atom. The van der Waals surface area contributed by atoms with Crippen molar-refractivity contribution in [3.05, 3.63) is 53.8 Å². The lowest BCUT2D eigenvalue weighted by Gasteiger charge is -2.10. The summed E-state index contributed by atoms with van der Waals surface area (Å²) < 4.78 is 13.9. The molecular weight excluding hydrogens is 253 g/mol. The highest BCUT2D eigenvalue weighted by Gasteiger charge is 2.12. The van der Waals surface area contributed by atoms with Gasteiger partial charge in [0.15, 0.2) is 5.82 Å². The van der Waals surface area contributed by atoms with E-state index < -0.39 is 0 Å². The molecular formula is C16H14FN3. The predicted molar refractivity (Wildman–Crippen MR) is 79.2 cm³/mol. The molecule has 0 saturated carbocycles. The van der Waals surface area contributed by atoms with E-state index in [1.165, 1.54) is 6.07 Å². The average molecular weight is 267 g/mol. The summed E-state index contributed by atoms with van der Waals surface area (Å²) in [5.41, 5.74) is 2.29. The van der Waals surface area contributed by atoms with Gasteiger partial charge in [0.2, 0.25) is 0 Å². The van der Waals surface area contributed by atoms with Crippen LogP contribution in [-0.4, -0.2) is 17.0 Å². The summed E-state index contributed by atoms with van der Waals surface area (Å²) in [6.07, 6.45) is 0. The first-order valence-electron chi connectivity index (χ1n) is 6.40. The van der Waals surface area contributed by atoms with Crippen molar-refractivity contribution in [2.75, 3.05) is 12.4 Å². The van der Waals surface area contributed by atoms with Gasteiger partial charge in [-0.1, -0.05) is 24.3 Å². The van der Waals surface area contributed by atoms with Gasteiger partial charge in [-0.05, 0) is 30.7 Å². The van der Waals surface area contributed by atoms with Crippen LogP contribution >= 0.6 is 0 Å². The van der Waals surface area contributed by atoms with Crippen molar-refractivity contribution in [2.45, 2.75) is 6.92 Å².